The summed E-state index contributed by atoms with van der Waals surface area (Å²) in [5, 5.41) is 16.2. The topological polar surface area (TPSA) is 69.1 Å². The lowest BCUT2D eigenvalue weighted by atomic mass is 9.84. The summed E-state index contributed by atoms with van der Waals surface area (Å²) in [7, 11) is 2.23. The van der Waals surface area contributed by atoms with Crippen LogP contribution >= 0.6 is 24.0 Å². The summed E-state index contributed by atoms with van der Waals surface area (Å²) >= 11 is 0. The molecule has 1 atom stereocenters. The first-order valence-corrected chi connectivity index (χ1v) is 11.7. The number of halogens is 1. The normalized spacial score (nSPS) is 22.1. The number of hydrogen-bond donors (Lipinski definition) is 3. The zero-order valence-corrected chi connectivity index (χ0v) is 21.6. The lowest BCUT2D eigenvalue weighted by Gasteiger charge is -2.33. The van der Waals surface area contributed by atoms with Gasteiger partial charge in [-0.25, -0.2) is 4.99 Å². The van der Waals surface area contributed by atoms with E-state index in [0.717, 1.165) is 38.5 Å². The molecule has 1 aliphatic carbocycles. The van der Waals surface area contributed by atoms with Gasteiger partial charge in [-0.15, -0.1) is 24.0 Å². The third-order valence-corrected chi connectivity index (χ3v) is 6.69. The summed E-state index contributed by atoms with van der Waals surface area (Å²) in [4.78, 5) is 7.22. The van der Waals surface area contributed by atoms with Crippen LogP contribution in [0, 0.1) is 5.41 Å². The van der Waals surface area contributed by atoms with E-state index in [1.165, 1.54) is 43.4 Å². The molecule has 3 N–H and O–H groups in total. The van der Waals surface area contributed by atoms with Gasteiger partial charge in [0, 0.05) is 50.5 Å². The molecule has 2 aliphatic rings. The van der Waals surface area contributed by atoms with Gasteiger partial charge in [-0.2, -0.15) is 0 Å². The Balaban J connectivity index is 0.00000341. The number of nitrogens with one attached hydrogen (secondary N) is 2. The highest BCUT2D eigenvalue weighted by Gasteiger charge is 2.34. The fourth-order valence-electron chi connectivity index (χ4n) is 4.61. The van der Waals surface area contributed by atoms with Crippen LogP contribution < -0.4 is 15.5 Å². The highest BCUT2D eigenvalue weighted by molar-refractivity contribution is 14.0. The highest BCUT2D eigenvalue weighted by atomic mass is 127. The molecule has 1 aromatic carbocycles. The maximum absolute atomic E-state index is 9.42. The van der Waals surface area contributed by atoms with Crippen LogP contribution in [0.25, 0.3) is 0 Å². The molecule has 31 heavy (non-hydrogen) atoms. The number of hydrogen-bond acceptors (Lipinski definition) is 4. The third-order valence-electron chi connectivity index (χ3n) is 6.69. The van der Waals surface area contributed by atoms with Crippen LogP contribution in [0.3, 0.4) is 0 Å². The summed E-state index contributed by atoms with van der Waals surface area (Å²) in [5.74, 6) is 0.824. The number of ether oxygens (including phenoxy) is 1. The van der Waals surface area contributed by atoms with E-state index in [9.17, 15) is 5.11 Å². The van der Waals surface area contributed by atoms with Crippen molar-refractivity contribution < 1.29 is 9.84 Å². The molecule has 1 heterocycles. The van der Waals surface area contributed by atoms with Gasteiger partial charge in [0.15, 0.2) is 5.96 Å². The number of aliphatic hydroxyl groups excluding tert-OH is 1. The highest BCUT2D eigenvalue weighted by Crippen LogP contribution is 2.31. The summed E-state index contributed by atoms with van der Waals surface area (Å²) in [6, 6.07) is 9.52. The monoisotopic (exact) mass is 544 g/mol. The van der Waals surface area contributed by atoms with E-state index in [4.69, 9.17) is 9.73 Å². The van der Waals surface area contributed by atoms with Gasteiger partial charge >= 0.3 is 0 Å². The zero-order valence-electron chi connectivity index (χ0n) is 19.2. The molecule has 7 heteroatoms. The first-order valence-electron chi connectivity index (χ1n) is 11.7. The Bertz CT molecular complexity index is 656. The largest absolute Gasteiger partial charge is 0.396 e. The molecule has 0 radical (unpaired) electrons. The molecule has 1 saturated carbocycles. The van der Waals surface area contributed by atoms with Gasteiger partial charge in [-0.05, 0) is 50.3 Å². The number of rotatable bonds is 9. The summed E-state index contributed by atoms with van der Waals surface area (Å²) in [6.07, 6.45) is 8.45. The Kier molecular flexibility index (Phi) is 11.4. The van der Waals surface area contributed by atoms with Crippen LogP contribution in [0.2, 0.25) is 0 Å². The van der Waals surface area contributed by atoms with Gasteiger partial charge in [0.25, 0.3) is 0 Å². The van der Waals surface area contributed by atoms with Crippen LogP contribution in [-0.4, -0.2) is 57.1 Å². The lowest BCUT2D eigenvalue weighted by molar-refractivity contribution is 0.127. The molecule has 1 aromatic rings. The SMILES string of the molecule is CCNC(=NCc1ccc(N(C)C2CCCCC2)cc1)NCC1(CCO)CCOC1.I. The molecule has 176 valence electrons. The molecule has 1 unspecified atom stereocenters. The van der Waals surface area contributed by atoms with E-state index in [1.807, 2.05) is 0 Å². The van der Waals surface area contributed by atoms with E-state index in [1.54, 1.807) is 0 Å². The molecule has 0 bridgehead atoms. The van der Waals surface area contributed by atoms with E-state index >= 15 is 0 Å². The summed E-state index contributed by atoms with van der Waals surface area (Å²) in [5.41, 5.74) is 2.52. The molecular formula is C24H41IN4O2. The fraction of sp³-hybridized carbons (Fsp3) is 0.708. The predicted octanol–water partition coefficient (Wildman–Crippen LogP) is 3.92. The number of anilines is 1. The van der Waals surface area contributed by atoms with Crippen LogP contribution in [0.1, 0.15) is 57.4 Å². The molecule has 0 aromatic heterocycles. The molecule has 1 aliphatic heterocycles. The first kappa shape index (κ1) is 26.2. The van der Waals surface area contributed by atoms with Gasteiger partial charge in [0.2, 0.25) is 0 Å². The van der Waals surface area contributed by atoms with Gasteiger partial charge in [0.05, 0.1) is 13.2 Å². The molecule has 1 saturated heterocycles. The van der Waals surface area contributed by atoms with Crippen molar-refractivity contribution in [2.45, 2.75) is 64.5 Å². The van der Waals surface area contributed by atoms with Gasteiger partial charge in [0.1, 0.15) is 0 Å². The average molecular weight is 545 g/mol. The first-order chi connectivity index (χ1) is 14.7. The fourth-order valence-corrected chi connectivity index (χ4v) is 4.61. The zero-order chi connectivity index (χ0) is 21.2. The van der Waals surface area contributed by atoms with E-state index in [0.29, 0.717) is 19.2 Å². The van der Waals surface area contributed by atoms with Crippen molar-refractivity contribution in [2.75, 3.05) is 44.9 Å². The summed E-state index contributed by atoms with van der Waals surface area (Å²) in [6.45, 7) is 5.99. The Morgan fingerprint density at radius 3 is 2.55 bits per heavy atom. The molecule has 2 fully saturated rings. The predicted molar refractivity (Wildman–Crippen MR) is 140 cm³/mol. The number of benzene rings is 1. The van der Waals surface area contributed by atoms with Crippen molar-refractivity contribution in [3.63, 3.8) is 0 Å². The quantitative estimate of drug-likeness (QED) is 0.250. The lowest BCUT2D eigenvalue weighted by Crippen LogP contribution is -2.44. The maximum atomic E-state index is 9.42. The van der Waals surface area contributed by atoms with Crippen molar-refractivity contribution in [1.29, 1.82) is 0 Å². The summed E-state index contributed by atoms with van der Waals surface area (Å²) < 4.78 is 5.59. The Labute approximate surface area is 205 Å². The second-order valence-corrected chi connectivity index (χ2v) is 8.89. The Hall–Kier alpha value is -1.06. The Morgan fingerprint density at radius 1 is 1.19 bits per heavy atom. The number of nitrogens with zero attached hydrogens (tertiary/aromatic N) is 2. The van der Waals surface area contributed by atoms with E-state index in [2.05, 4.69) is 53.8 Å². The minimum atomic E-state index is 0. The van der Waals surface area contributed by atoms with Crippen molar-refractivity contribution in [3.8, 4) is 0 Å². The van der Waals surface area contributed by atoms with Gasteiger partial charge in [-0.1, -0.05) is 31.4 Å². The molecular weight excluding hydrogens is 503 g/mol. The van der Waals surface area contributed by atoms with Crippen molar-refractivity contribution in [1.82, 2.24) is 10.6 Å². The minimum absolute atomic E-state index is 0. The van der Waals surface area contributed by atoms with E-state index in [-0.39, 0.29) is 36.0 Å². The van der Waals surface area contributed by atoms with Crippen molar-refractivity contribution in [2.24, 2.45) is 10.4 Å². The number of guanidine groups is 1. The third kappa shape index (κ3) is 7.79. The smallest absolute Gasteiger partial charge is 0.191 e. The van der Waals surface area contributed by atoms with Crippen LogP contribution in [-0.2, 0) is 11.3 Å². The Morgan fingerprint density at radius 2 is 1.94 bits per heavy atom. The minimum Gasteiger partial charge on any atom is -0.396 e. The second kappa shape index (κ2) is 13.5. The van der Waals surface area contributed by atoms with Crippen LogP contribution in [0.15, 0.2) is 29.3 Å². The second-order valence-electron chi connectivity index (χ2n) is 8.89. The van der Waals surface area contributed by atoms with E-state index < -0.39 is 0 Å². The van der Waals surface area contributed by atoms with Crippen LogP contribution in [0.5, 0.6) is 0 Å². The molecule has 0 amide bonds. The average Bonchev–Trinajstić information content (AvgIpc) is 3.25. The molecule has 3 rings (SSSR count). The van der Waals surface area contributed by atoms with Gasteiger partial charge < -0.3 is 25.4 Å². The standard InChI is InChI=1S/C24H40N4O2.HI/c1-3-25-23(27-18-24(13-15-29)14-16-30-19-24)26-17-20-9-11-22(12-10-20)28(2)21-7-5-4-6-8-21;/h9-12,21,29H,3-8,13-19H2,1-2H3,(H2,25,26,27);1H. The maximum Gasteiger partial charge on any atom is 0.191 e. The molecule has 6 nitrogen and oxygen atoms in total. The van der Waals surface area contributed by atoms with Gasteiger partial charge in [-0.3, -0.25) is 0 Å². The van der Waals surface area contributed by atoms with Crippen LogP contribution in [0.4, 0.5) is 5.69 Å². The van der Waals surface area contributed by atoms with Crippen molar-refractivity contribution >= 4 is 35.6 Å². The number of aliphatic imine (C=N–C) groups is 1. The van der Waals surface area contributed by atoms with Crippen molar-refractivity contribution in [3.05, 3.63) is 29.8 Å². The molecule has 0 spiro atoms. The number of aliphatic hydroxyl groups is 1.